The first-order valence-electron chi connectivity index (χ1n) is 8.70. The van der Waals surface area contributed by atoms with Gasteiger partial charge in [0.25, 0.3) is 5.91 Å². The number of nitrogens with zero attached hydrogens (tertiary/aromatic N) is 2. The van der Waals surface area contributed by atoms with Crippen LogP contribution in [0.1, 0.15) is 26.6 Å². The van der Waals surface area contributed by atoms with Crippen LogP contribution in [-0.2, 0) is 5.75 Å². The molecule has 2 aromatic heterocycles. The number of aromatic nitrogens is 2. The number of thiazole rings is 1. The second-order valence-electron chi connectivity index (χ2n) is 5.99. The highest BCUT2D eigenvalue weighted by molar-refractivity contribution is 7.98. The Morgan fingerprint density at radius 3 is 2.78 bits per heavy atom. The van der Waals surface area contributed by atoms with Crippen LogP contribution >= 0.6 is 23.1 Å². The summed E-state index contributed by atoms with van der Waals surface area (Å²) in [5.41, 5.74) is 2.83. The molecule has 0 radical (unpaired) electrons. The van der Waals surface area contributed by atoms with Gasteiger partial charge in [0, 0.05) is 35.3 Å². The van der Waals surface area contributed by atoms with Gasteiger partial charge >= 0.3 is 0 Å². The Morgan fingerprint density at radius 2 is 2.00 bits per heavy atom. The Labute approximate surface area is 167 Å². The monoisotopic (exact) mass is 398 g/mol. The molecule has 0 unspecified atom stereocenters. The lowest BCUT2D eigenvalue weighted by Gasteiger charge is -2.11. The van der Waals surface area contributed by atoms with Gasteiger partial charge in [0.15, 0.2) is 0 Å². The Kier molecular flexibility index (Phi) is 6.84. The van der Waals surface area contributed by atoms with Gasteiger partial charge in [-0.05, 0) is 37.6 Å². The van der Waals surface area contributed by atoms with E-state index in [0.717, 1.165) is 32.7 Å². The van der Waals surface area contributed by atoms with Crippen molar-refractivity contribution in [3.05, 3.63) is 69.8 Å². The molecule has 140 valence electrons. The summed E-state index contributed by atoms with van der Waals surface area (Å²) in [6.07, 6.45) is 1.76. The Hall–Kier alpha value is -2.38. The zero-order valence-corrected chi connectivity index (χ0v) is 17.0. The molecule has 0 bridgehead atoms. The largest absolute Gasteiger partial charge is 0.368 e. The molecule has 7 heteroatoms. The van der Waals surface area contributed by atoms with E-state index in [1.807, 2.05) is 50.2 Å². The van der Waals surface area contributed by atoms with E-state index in [2.05, 4.69) is 26.0 Å². The fourth-order valence-electron chi connectivity index (χ4n) is 2.53. The van der Waals surface area contributed by atoms with E-state index in [-0.39, 0.29) is 5.91 Å². The lowest BCUT2D eigenvalue weighted by atomic mass is 10.2. The van der Waals surface area contributed by atoms with Crippen LogP contribution in [0.4, 0.5) is 5.82 Å². The summed E-state index contributed by atoms with van der Waals surface area (Å²) in [5.74, 6) is 1.54. The van der Waals surface area contributed by atoms with E-state index in [1.165, 1.54) is 0 Å². The lowest BCUT2D eigenvalue weighted by molar-refractivity contribution is 0.0952. The highest BCUT2D eigenvalue weighted by atomic mass is 32.2. The highest BCUT2D eigenvalue weighted by Gasteiger charge is 2.11. The van der Waals surface area contributed by atoms with Gasteiger partial charge in [0.05, 0.1) is 16.3 Å². The molecule has 3 aromatic rings. The molecule has 0 aliphatic heterocycles. The molecule has 2 heterocycles. The second-order valence-corrected chi connectivity index (χ2v) is 8.07. The van der Waals surface area contributed by atoms with Crippen molar-refractivity contribution in [1.29, 1.82) is 0 Å². The molecular weight excluding hydrogens is 376 g/mol. The van der Waals surface area contributed by atoms with Crippen molar-refractivity contribution < 1.29 is 4.79 Å². The number of benzene rings is 1. The maximum absolute atomic E-state index is 12.6. The average Bonchev–Trinajstić information content (AvgIpc) is 3.10. The normalized spacial score (nSPS) is 10.6. The zero-order chi connectivity index (χ0) is 19.1. The Bertz CT molecular complexity index is 910. The Balaban J connectivity index is 1.52. The molecule has 0 spiro atoms. The number of thioether (sulfide) groups is 1. The summed E-state index contributed by atoms with van der Waals surface area (Å²) in [6.45, 7) is 5.15. The SMILES string of the molecule is Cc1nc(CSc2ccccc2C(=O)NCCNc2ncccc2C)cs1. The van der Waals surface area contributed by atoms with Gasteiger partial charge in [-0.1, -0.05) is 18.2 Å². The third-order valence-corrected chi connectivity index (χ3v) is 5.82. The summed E-state index contributed by atoms with van der Waals surface area (Å²) in [7, 11) is 0. The van der Waals surface area contributed by atoms with E-state index in [9.17, 15) is 4.79 Å². The van der Waals surface area contributed by atoms with Crippen LogP contribution in [0.25, 0.3) is 0 Å². The molecule has 27 heavy (non-hydrogen) atoms. The van der Waals surface area contributed by atoms with Gasteiger partial charge in [-0.2, -0.15) is 0 Å². The second kappa shape index (κ2) is 9.53. The van der Waals surface area contributed by atoms with Crippen molar-refractivity contribution in [2.24, 2.45) is 0 Å². The van der Waals surface area contributed by atoms with Crippen molar-refractivity contribution >= 4 is 34.8 Å². The molecule has 1 aromatic carbocycles. The molecule has 0 atom stereocenters. The van der Waals surface area contributed by atoms with E-state index in [1.54, 1.807) is 29.3 Å². The minimum absolute atomic E-state index is 0.0629. The third kappa shape index (κ3) is 5.55. The predicted octanol–water partition coefficient (Wildman–Crippen LogP) is 4.29. The maximum atomic E-state index is 12.6. The molecule has 0 saturated carbocycles. The number of anilines is 1. The summed E-state index contributed by atoms with van der Waals surface area (Å²) in [6, 6.07) is 11.6. The van der Waals surface area contributed by atoms with E-state index in [0.29, 0.717) is 18.7 Å². The van der Waals surface area contributed by atoms with Crippen LogP contribution in [0.5, 0.6) is 0 Å². The van der Waals surface area contributed by atoms with Crippen molar-refractivity contribution in [1.82, 2.24) is 15.3 Å². The van der Waals surface area contributed by atoms with E-state index >= 15 is 0 Å². The quantitative estimate of drug-likeness (QED) is 0.438. The van der Waals surface area contributed by atoms with Gasteiger partial charge in [0.2, 0.25) is 0 Å². The van der Waals surface area contributed by atoms with Crippen LogP contribution in [0.2, 0.25) is 0 Å². The van der Waals surface area contributed by atoms with Crippen LogP contribution < -0.4 is 10.6 Å². The number of pyridine rings is 1. The summed E-state index contributed by atoms with van der Waals surface area (Å²) in [5, 5.41) is 9.35. The van der Waals surface area contributed by atoms with Gasteiger partial charge in [-0.25, -0.2) is 9.97 Å². The van der Waals surface area contributed by atoms with Crippen LogP contribution in [-0.4, -0.2) is 29.0 Å². The highest BCUT2D eigenvalue weighted by Crippen LogP contribution is 2.26. The molecule has 0 aliphatic rings. The molecular formula is C20H22N4OS2. The number of aryl methyl sites for hydroxylation is 2. The van der Waals surface area contributed by atoms with Gasteiger partial charge in [-0.3, -0.25) is 4.79 Å². The minimum Gasteiger partial charge on any atom is -0.368 e. The molecule has 1 amide bonds. The fraction of sp³-hybridized carbons (Fsp3) is 0.250. The molecule has 5 nitrogen and oxygen atoms in total. The number of hydrogen-bond acceptors (Lipinski definition) is 6. The number of amides is 1. The predicted molar refractivity (Wildman–Crippen MR) is 113 cm³/mol. The van der Waals surface area contributed by atoms with E-state index in [4.69, 9.17) is 0 Å². The zero-order valence-electron chi connectivity index (χ0n) is 15.4. The molecule has 0 aliphatic carbocycles. The average molecular weight is 399 g/mol. The number of hydrogen-bond donors (Lipinski definition) is 2. The first-order valence-corrected chi connectivity index (χ1v) is 10.6. The molecule has 3 rings (SSSR count). The number of carbonyl (C=O) groups is 1. The maximum Gasteiger partial charge on any atom is 0.252 e. The van der Waals surface area contributed by atoms with Gasteiger partial charge in [-0.15, -0.1) is 23.1 Å². The number of carbonyl (C=O) groups excluding carboxylic acids is 1. The summed E-state index contributed by atoms with van der Waals surface area (Å²) >= 11 is 3.28. The molecule has 0 fully saturated rings. The molecule has 0 saturated heterocycles. The van der Waals surface area contributed by atoms with Crippen molar-refractivity contribution in [2.75, 3.05) is 18.4 Å². The van der Waals surface area contributed by atoms with Crippen LogP contribution in [0.15, 0.2) is 52.9 Å². The smallest absolute Gasteiger partial charge is 0.252 e. The van der Waals surface area contributed by atoms with Crippen molar-refractivity contribution in [2.45, 2.75) is 24.5 Å². The first kappa shape index (κ1) is 19.4. The number of rotatable bonds is 8. The van der Waals surface area contributed by atoms with Crippen molar-refractivity contribution in [3.63, 3.8) is 0 Å². The third-order valence-electron chi connectivity index (χ3n) is 3.89. The fourth-order valence-corrected chi connectivity index (χ4v) is 4.19. The van der Waals surface area contributed by atoms with Gasteiger partial charge in [0.1, 0.15) is 5.82 Å². The summed E-state index contributed by atoms with van der Waals surface area (Å²) in [4.78, 5) is 22.3. The van der Waals surface area contributed by atoms with Gasteiger partial charge < -0.3 is 10.6 Å². The topological polar surface area (TPSA) is 66.9 Å². The molecule has 2 N–H and O–H groups in total. The summed E-state index contributed by atoms with van der Waals surface area (Å²) < 4.78 is 0. The standard InChI is InChI=1S/C20H22N4OS2/c1-14-6-5-9-21-19(14)22-10-11-23-20(25)17-7-3-4-8-18(17)27-13-16-12-26-15(2)24-16/h3-9,12H,10-11,13H2,1-2H3,(H,21,22)(H,23,25). The minimum atomic E-state index is -0.0629. The van der Waals surface area contributed by atoms with Crippen LogP contribution in [0.3, 0.4) is 0 Å². The van der Waals surface area contributed by atoms with Crippen molar-refractivity contribution in [3.8, 4) is 0 Å². The number of nitrogens with one attached hydrogen (secondary N) is 2. The Morgan fingerprint density at radius 1 is 1.15 bits per heavy atom. The first-order chi connectivity index (χ1) is 13.1. The van der Waals surface area contributed by atoms with E-state index < -0.39 is 0 Å². The lowest BCUT2D eigenvalue weighted by Crippen LogP contribution is -2.29. The van der Waals surface area contributed by atoms with Crippen LogP contribution in [0, 0.1) is 13.8 Å².